The van der Waals surface area contributed by atoms with Crippen molar-refractivity contribution in [3.05, 3.63) is 18.0 Å². The maximum Gasteiger partial charge on any atom is 0.322 e. The molecule has 0 radical (unpaired) electrons. The fraction of sp³-hybridized carbons (Fsp3) is 0.455. The Hall–Kier alpha value is -2.18. The van der Waals surface area contributed by atoms with Gasteiger partial charge in [0.2, 0.25) is 11.8 Å². The molecule has 0 spiro atoms. The van der Waals surface area contributed by atoms with Crippen molar-refractivity contribution >= 4 is 17.9 Å². The summed E-state index contributed by atoms with van der Waals surface area (Å²) in [5, 5.41) is 18.7. The molecule has 2 N–H and O–H groups in total. The number of aliphatic carboxylic acids is 1. The highest BCUT2D eigenvalue weighted by Gasteiger charge is 2.34. The Bertz CT molecular complexity index is 494. The molecule has 96 valence electrons. The maximum atomic E-state index is 12.0. The summed E-state index contributed by atoms with van der Waals surface area (Å²) in [7, 11) is 0. The topological polar surface area (TPSA) is 105 Å². The number of nitrogens with zero attached hydrogens (tertiary/aromatic N) is 2. The first-order valence-corrected chi connectivity index (χ1v) is 5.56. The molecule has 0 aliphatic heterocycles. The number of hydrogen-bond acceptors (Lipinski definition) is 5. The van der Waals surface area contributed by atoms with Crippen LogP contribution >= 0.6 is 0 Å². The fourth-order valence-electron chi connectivity index (χ4n) is 1.92. The van der Waals surface area contributed by atoms with Crippen LogP contribution in [-0.4, -0.2) is 27.2 Å². The lowest BCUT2D eigenvalue weighted by Crippen LogP contribution is -2.34. The molecule has 1 aromatic rings. The standard InChI is InChI=1S/C11H13N3O4/c1-6-13-14-11(18-6)12-9(15)7-4-2-3-5-8(7)10(16)17/h2-3,7-8H,4-5H2,1H3,(H,16,17)(H,12,14,15). The van der Waals surface area contributed by atoms with E-state index in [1.807, 2.05) is 6.08 Å². The van der Waals surface area contributed by atoms with E-state index in [1.54, 1.807) is 13.0 Å². The zero-order chi connectivity index (χ0) is 13.1. The van der Waals surface area contributed by atoms with Gasteiger partial charge in [0.05, 0.1) is 11.8 Å². The first-order chi connectivity index (χ1) is 8.58. The van der Waals surface area contributed by atoms with Crippen LogP contribution in [0.15, 0.2) is 16.6 Å². The molecule has 1 aromatic heterocycles. The normalized spacial score (nSPS) is 22.7. The average Bonchev–Trinajstić information content (AvgIpc) is 2.74. The minimum Gasteiger partial charge on any atom is -0.481 e. The number of carboxylic acid groups (broad SMARTS) is 1. The molecule has 0 bridgehead atoms. The number of aryl methyl sites for hydroxylation is 1. The van der Waals surface area contributed by atoms with Crippen molar-refractivity contribution < 1.29 is 19.1 Å². The van der Waals surface area contributed by atoms with Gasteiger partial charge in [0.25, 0.3) is 0 Å². The molecular formula is C11H13N3O4. The summed E-state index contributed by atoms with van der Waals surface area (Å²) in [5.74, 6) is -2.36. The number of anilines is 1. The number of hydrogen-bond donors (Lipinski definition) is 2. The summed E-state index contributed by atoms with van der Waals surface area (Å²) in [4.78, 5) is 23.0. The second-order valence-electron chi connectivity index (χ2n) is 4.11. The molecule has 1 aliphatic carbocycles. The van der Waals surface area contributed by atoms with Gasteiger partial charge in [0, 0.05) is 6.92 Å². The van der Waals surface area contributed by atoms with Gasteiger partial charge in [-0.1, -0.05) is 17.3 Å². The lowest BCUT2D eigenvalue weighted by Gasteiger charge is -2.23. The van der Waals surface area contributed by atoms with E-state index in [2.05, 4.69) is 15.5 Å². The van der Waals surface area contributed by atoms with Crippen LogP contribution in [0.3, 0.4) is 0 Å². The van der Waals surface area contributed by atoms with Crippen LogP contribution < -0.4 is 5.32 Å². The third-order valence-corrected chi connectivity index (χ3v) is 2.84. The average molecular weight is 251 g/mol. The molecule has 0 aromatic carbocycles. The van der Waals surface area contributed by atoms with Gasteiger partial charge in [-0.05, 0) is 12.8 Å². The van der Waals surface area contributed by atoms with Crippen LogP contribution in [0, 0.1) is 18.8 Å². The quantitative estimate of drug-likeness (QED) is 0.776. The van der Waals surface area contributed by atoms with Crippen LogP contribution in [0.1, 0.15) is 18.7 Å². The zero-order valence-electron chi connectivity index (χ0n) is 9.79. The largest absolute Gasteiger partial charge is 0.481 e. The van der Waals surface area contributed by atoms with E-state index in [-0.39, 0.29) is 6.01 Å². The second kappa shape index (κ2) is 4.99. The highest BCUT2D eigenvalue weighted by molar-refractivity contribution is 5.93. The Morgan fingerprint density at radius 1 is 1.33 bits per heavy atom. The second-order valence-corrected chi connectivity index (χ2v) is 4.11. The van der Waals surface area contributed by atoms with Crippen molar-refractivity contribution in [3.8, 4) is 0 Å². The summed E-state index contributed by atoms with van der Waals surface area (Å²) in [5.41, 5.74) is 0. The summed E-state index contributed by atoms with van der Waals surface area (Å²) < 4.78 is 5.02. The van der Waals surface area contributed by atoms with Gasteiger partial charge < -0.3 is 9.52 Å². The third-order valence-electron chi connectivity index (χ3n) is 2.84. The van der Waals surface area contributed by atoms with Crippen LogP contribution in [0.5, 0.6) is 0 Å². The van der Waals surface area contributed by atoms with Crippen molar-refractivity contribution in [2.75, 3.05) is 5.32 Å². The van der Waals surface area contributed by atoms with Crippen molar-refractivity contribution in [3.63, 3.8) is 0 Å². The predicted octanol–water partition coefficient (Wildman–Crippen LogP) is 0.984. The molecule has 0 saturated heterocycles. The van der Waals surface area contributed by atoms with Crippen molar-refractivity contribution in [2.24, 2.45) is 11.8 Å². The summed E-state index contributed by atoms with van der Waals surface area (Å²) in [6.45, 7) is 1.60. The highest BCUT2D eigenvalue weighted by Crippen LogP contribution is 2.27. The predicted molar refractivity (Wildman–Crippen MR) is 60.7 cm³/mol. The van der Waals surface area contributed by atoms with Crippen molar-refractivity contribution in [2.45, 2.75) is 19.8 Å². The number of aromatic nitrogens is 2. The van der Waals surface area contributed by atoms with Crippen molar-refractivity contribution in [1.29, 1.82) is 0 Å². The minimum atomic E-state index is -0.971. The summed E-state index contributed by atoms with van der Waals surface area (Å²) in [6.07, 6.45) is 4.34. The number of rotatable bonds is 3. The molecule has 0 fully saturated rings. The minimum absolute atomic E-state index is 0.00353. The molecule has 1 aliphatic rings. The number of allylic oxidation sites excluding steroid dienone is 2. The summed E-state index contributed by atoms with van der Waals surface area (Å²) >= 11 is 0. The molecule has 1 amide bonds. The molecule has 2 unspecified atom stereocenters. The monoisotopic (exact) mass is 251 g/mol. The van der Waals surface area contributed by atoms with E-state index in [4.69, 9.17) is 9.52 Å². The Balaban J connectivity index is 2.07. The third kappa shape index (κ3) is 2.55. The van der Waals surface area contributed by atoms with Gasteiger partial charge >= 0.3 is 12.0 Å². The van der Waals surface area contributed by atoms with Gasteiger partial charge in [-0.25, -0.2) is 0 Å². The first kappa shape index (κ1) is 12.3. The fourth-order valence-corrected chi connectivity index (χ4v) is 1.92. The van der Waals surface area contributed by atoms with E-state index in [0.29, 0.717) is 18.7 Å². The molecule has 1 heterocycles. The van der Waals surface area contributed by atoms with E-state index < -0.39 is 23.7 Å². The number of nitrogens with one attached hydrogen (secondary N) is 1. The van der Waals surface area contributed by atoms with Crippen LogP contribution in [-0.2, 0) is 9.59 Å². The van der Waals surface area contributed by atoms with Gasteiger partial charge in [-0.3, -0.25) is 14.9 Å². The van der Waals surface area contributed by atoms with Crippen molar-refractivity contribution in [1.82, 2.24) is 10.2 Å². The molecule has 2 rings (SSSR count). The Morgan fingerprint density at radius 2 is 2.00 bits per heavy atom. The maximum absolute atomic E-state index is 12.0. The number of carboxylic acids is 1. The van der Waals surface area contributed by atoms with Crippen LogP contribution in [0.2, 0.25) is 0 Å². The Morgan fingerprint density at radius 3 is 2.56 bits per heavy atom. The Kier molecular flexibility index (Phi) is 3.40. The number of carbonyl (C=O) groups excluding carboxylic acids is 1. The van der Waals surface area contributed by atoms with Gasteiger partial charge in [0.1, 0.15) is 0 Å². The van der Waals surface area contributed by atoms with Gasteiger partial charge in [0.15, 0.2) is 0 Å². The molecule has 7 heteroatoms. The van der Waals surface area contributed by atoms with E-state index in [0.717, 1.165) is 0 Å². The summed E-state index contributed by atoms with van der Waals surface area (Å²) in [6, 6.07) is -0.00353. The van der Waals surface area contributed by atoms with Crippen LogP contribution in [0.4, 0.5) is 6.01 Å². The molecule has 18 heavy (non-hydrogen) atoms. The number of carbonyl (C=O) groups is 2. The lowest BCUT2D eigenvalue weighted by molar-refractivity contribution is -0.146. The lowest BCUT2D eigenvalue weighted by atomic mass is 9.82. The molecule has 7 nitrogen and oxygen atoms in total. The SMILES string of the molecule is Cc1nnc(NC(=O)C2CC=CCC2C(=O)O)o1. The van der Waals surface area contributed by atoms with Crippen LogP contribution in [0.25, 0.3) is 0 Å². The van der Waals surface area contributed by atoms with Gasteiger partial charge in [-0.2, -0.15) is 0 Å². The van der Waals surface area contributed by atoms with Gasteiger partial charge in [-0.15, -0.1) is 5.10 Å². The first-order valence-electron chi connectivity index (χ1n) is 5.56. The molecular weight excluding hydrogens is 238 g/mol. The number of amides is 1. The zero-order valence-corrected chi connectivity index (χ0v) is 9.79. The van der Waals surface area contributed by atoms with E-state index in [9.17, 15) is 9.59 Å². The smallest absolute Gasteiger partial charge is 0.322 e. The molecule has 0 saturated carbocycles. The Labute approximate surface area is 103 Å². The highest BCUT2D eigenvalue weighted by atomic mass is 16.4. The molecule has 2 atom stereocenters. The van der Waals surface area contributed by atoms with E-state index in [1.165, 1.54) is 0 Å². The van der Waals surface area contributed by atoms with E-state index >= 15 is 0 Å².